The molecule has 11 heteroatoms. The van der Waals surface area contributed by atoms with E-state index in [1.54, 1.807) is 18.2 Å². The first kappa shape index (κ1) is 31.8. The summed E-state index contributed by atoms with van der Waals surface area (Å²) in [5.74, 6) is 0.225. The number of aromatic amines is 1. The van der Waals surface area contributed by atoms with E-state index in [2.05, 4.69) is 20.2 Å². The molecule has 1 amide bonds. The van der Waals surface area contributed by atoms with Crippen LogP contribution < -0.4 is 21.3 Å². The summed E-state index contributed by atoms with van der Waals surface area (Å²) in [4.78, 5) is 49.4. The number of H-pyrrole nitrogens is 1. The third-order valence-corrected chi connectivity index (χ3v) is 8.15. The van der Waals surface area contributed by atoms with Crippen LogP contribution in [0.2, 0.25) is 0 Å². The van der Waals surface area contributed by atoms with Gasteiger partial charge in [-0.15, -0.1) is 0 Å². The van der Waals surface area contributed by atoms with Gasteiger partial charge in [0.2, 0.25) is 0 Å². The molecule has 1 unspecified atom stereocenters. The van der Waals surface area contributed by atoms with Crippen molar-refractivity contribution >= 4 is 29.1 Å². The number of carbonyl (C=O) groups is 2. The van der Waals surface area contributed by atoms with Crippen molar-refractivity contribution in [3.63, 3.8) is 0 Å². The fraction of sp³-hybridized carbons (Fsp3) is 0.412. The number of nitrogens with one attached hydrogen (secondary N) is 2. The van der Waals surface area contributed by atoms with Crippen molar-refractivity contribution in [2.75, 3.05) is 44.6 Å². The van der Waals surface area contributed by atoms with Gasteiger partial charge in [0.25, 0.3) is 11.5 Å². The molecule has 2 aromatic carbocycles. The Bertz CT molecular complexity index is 1630. The van der Waals surface area contributed by atoms with E-state index in [0.29, 0.717) is 35.8 Å². The van der Waals surface area contributed by atoms with Crippen molar-refractivity contribution in [1.29, 1.82) is 0 Å². The maximum Gasteiger partial charge on any atom is 0.303 e. The number of hydrogen-bond acceptors (Lipinski definition) is 8. The molecule has 2 aliphatic rings. The van der Waals surface area contributed by atoms with Gasteiger partial charge in [0.15, 0.2) is 6.10 Å². The van der Waals surface area contributed by atoms with Crippen molar-refractivity contribution in [3.05, 3.63) is 86.8 Å². The molecule has 1 saturated heterocycles. The van der Waals surface area contributed by atoms with E-state index in [4.69, 9.17) is 15.2 Å². The molecule has 1 fully saturated rings. The normalized spacial score (nSPS) is 15.7. The van der Waals surface area contributed by atoms with E-state index in [1.807, 2.05) is 43.0 Å². The summed E-state index contributed by atoms with van der Waals surface area (Å²) in [6.45, 7) is 10.2. The fourth-order valence-electron chi connectivity index (χ4n) is 5.90. The van der Waals surface area contributed by atoms with Crippen molar-refractivity contribution in [3.8, 4) is 5.75 Å². The van der Waals surface area contributed by atoms with Gasteiger partial charge in [0.05, 0.1) is 17.9 Å². The van der Waals surface area contributed by atoms with Crippen LogP contribution >= 0.6 is 0 Å². The van der Waals surface area contributed by atoms with Crippen molar-refractivity contribution < 1.29 is 19.1 Å². The van der Waals surface area contributed by atoms with Crippen LogP contribution in [0.25, 0.3) is 0 Å². The van der Waals surface area contributed by atoms with Gasteiger partial charge in [-0.05, 0) is 88.1 Å². The number of benzene rings is 2. The lowest BCUT2D eigenvalue weighted by molar-refractivity contribution is -0.147. The summed E-state index contributed by atoms with van der Waals surface area (Å²) in [6.07, 6.45) is 4.31. The lowest BCUT2D eigenvalue weighted by atomic mass is 10.1. The number of nitrogens with two attached hydrogens (primary N) is 1. The quantitative estimate of drug-likeness (QED) is 0.150. The smallest absolute Gasteiger partial charge is 0.303 e. The molecule has 1 aromatic heterocycles. The zero-order chi connectivity index (χ0) is 31.9. The van der Waals surface area contributed by atoms with E-state index in [0.717, 1.165) is 42.7 Å². The molecular formula is C34H42N6O5. The maximum atomic E-state index is 13.2. The van der Waals surface area contributed by atoms with Crippen molar-refractivity contribution in [1.82, 2.24) is 14.8 Å². The van der Waals surface area contributed by atoms with Crippen LogP contribution in [0.4, 0.5) is 11.4 Å². The van der Waals surface area contributed by atoms with E-state index < -0.39 is 17.6 Å². The van der Waals surface area contributed by atoms with E-state index >= 15 is 0 Å². The Labute approximate surface area is 263 Å². The number of fused-ring (bicyclic) bond motifs is 1. The van der Waals surface area contributed by atoms with Gasteiger partial charge in [0.1, 0.15) is 23.8 Å². The number of aliphatic imine (C=N–C) groups is 1. The van der Waals surface area contributed by atoms with E-state index in [1.165, 1.54) is 26.0 Å². The van der Waals surface area contributed by atoms with Crippen LogP contribution in [0.1, 0.15) is 58.8 Å². The first-order valence-corrected chi connectivity index (χ1v) is 15.5. The summed E-state index contributed by atoms with van der Waals surface area (Å²) >= 11 is 0. The third-order valence-electron chi connectivity index (χ3n) is 8.15. The topological polar surface area (TPSA) is 142 Å². The molecule has 0 radical (unpaired) electrons. The Morgan fingerprint density at radius 3 is 2.64 bits per heavy atom. The fourth-order valence-corrected chi connectivity index (χ4v) is 5.90. The first-order valence-electron chi connectivity index (χ1n) is 15.5. The first-order chi connectivity index (χ1) is 21.7. The summed E-state index contributed by atoms with van der Waals surface area (Å²) in [5, 5.41) is 3.18. The maximum absolute atomic E-state index is 13.2. The number of aryl methyl sites for hydroxylation is 2. The minimum Gasteiger partial charge on any atom is -0.489 e. The second kappa shape index (κ2) is 14.4. The monoisotopic (exact) mass is 614 g/mol. The van der Waals surface area contributed by atoms with Crippen LogP contribution in [0, 0.1) is 13.8 Å². The number of anilines is 1. The van der Waals surface area contributed by atoms with Crippen LogP contribution in [0.5, 0.6) is 5.75 Å². The minimum absolute atomic E-state index is 0.0113. The molecule has 2 aliphatic heterocycles. The largest absolute Gasteiger partial charge is 0.489 e. The number of esters is 1. The average molecular weight is 615 g/mol. The summed E-state index contributed by atoms with van der Waals surface area (Å²) in [6, 6.07) is 13.0. The number of likely N-dealkylation sites (tertiary alicyclic amines) is 1. The molecule has 3 aromatic rings. The lowest BCUT2D eigenvalue weighted by Gasteiger charge is -2.20. The molecule has 1 atom stereocenters. The highest BCUT2D eigenvalue weighted by Crippen LogP contribution is 2.28. The molecule has 5 rings (SSSR count). The van der Waals surface area contributed by atoms with Gasteiger partial charge < -0.3 is 35.3 Å². The van der Waals surface area contributed by atoms with Crippen LogP contribution in [0.15, 0.2) is 58.4 Å². The summed E-state index contributed by atoms with van der Waals surface area (Å²) in [7, 11) is 0. The second-order valence-corrected chi connectivity index (χ2v) is 11.8. The van der Waals surface area contributed by atoms with Gasteiger partial charge in [0, 0.05) is 31.8 Å². The number of amidine groups is 1. The van der Waals surface area contributed by atoms with Crippen LogP contribution in [-0.2, 0) is 16.1 Å². The Morgan fingerprint density at radius 2 is 1.89 bits per heavy atom. The van der Waals surface area contributed by atoms with Gasteiger partial charge in [-0.3, -0.25) is 14.4 Å². The molecule has 45 heavy (non-hydrogen) atoms. The van der Waals surface area contributed by atoms with Crippen molar-refractivity contribution in [2.45, 2.75) is 52.7 Å². The number of carbonyl (C=O) groups excluding carboxylic acids is 2. The Hall–Kier alpha value is -4.64. The SMILES string of the molecule is CC(=O)OC(CNc1cc[nH]c(=O)c1C(N)=Nc1ccc2c(c1)C(=O)N(CCCN1CCCC1)C2)COc1ccc(C)cc1C. The molecule has 0 bridgehead atoms. The molecule has 11 nitrogen and oxygen atoms in total. The number of amides is 1. The van der Waals surface area contributed by atoms with Gasteiger partial charge >= 0.3 is 5.97 Å². The zero-order valence-electron chi connectivity index (χ0n) is 26.2. The van der Waals surface area contributed by atoms with Crippen LogP contribution in [0.3, 0.4) is 0 Å². The van der Waals surface area contributed by atoms with Crippen LogP contribution in [-0.4, -0.2) is 77.9 Å². The van der Waals surface area contributed by atoms with E-state index in [9.17, 15) is 14.4 Å². The molecule has 238 valence electrons. The van der Waals surface area contributed by atoms with Crippen molar-refractivity contribution in [2.24, 2.45) is 10.7 Å². The third kappa shape index (κ3) is 8.10. The highest BCUT2D eigenvalue weighted by molar-refractivity contribution is 6.04. The molecule has 3 heterocycles. The number of pyridine rings is 1. The van der Waals surface area contributed by atoms with Gasteiger partial charge in [-0.1, -0.05) is 23.8 Å². The minimum atomic E-state index is -0.644. The number of hydrogen-bond donors (Lipinski definition) is 3. The number of aromatic nitrogens is 1. The highest BCUT2D eigenvalue weighted by Gasteiger charge is 2.27. The van der Waals surface area contributed by atoms with E-state index in [-0.39, 0.29) is 30.5 Å². The molecule has 0 saturated carbocycles. The number of nitrogens with zero attached hydrogens (tertiary/aromatic N) is 3. The Kier molecular flexibility index (Phi) is 10.2. The Balaban J connectivity index is 1.26. The van der Waals surface area contributed by atoms with Gasteiger partial charge in [-0.2, -0.15) is 0 Å². The summed E-state index contributed by atoms with van der Waals surface area (Å²) < 4.78 is 11.4. The molecule has 0 spiro atoms. The highest BCUT2D eigenvalue weighted by atomic mass is 16.6. The predicted molar refractivity (Wildman–Crippen MR) is 174 cm³/mol. The predicted octanol–water partition coefficient (Wildman–Crippen LogP) is 3.89. The zero-order valence-corrected chi connectivity index (χ0v) is 26.2. The standard InChI is InChI=1S/C34H42N6O5/c1-22-7-10-30(23(2)17-22)44-21-27(45-24(3)41)19-37-29-11-12-36-33(42)31(29)32(35)38-26-9-8-25-20-40(34(43)28(25)18-26)16-6-15-39-13-4-5-14-39/h7-12,17-18,27H,4-6,13-16,19-21H2,1-3H3,(H2,35,38)(H2,36,37,42). The lowest BCUT2D eigenvalue weighted by Crippen LogP contribution is -2.33. The Morgan fingerprint density at radius 1 is 1.09 bits per heavy atom. The molecule has 4 N–H and O–H groups in total. The summed E-state index contributed by atoms with van der Waals surface area (Å²) in [5.41, 5.74) is 10.7. The molecule has 0 aliphatic carbocycles. The number of ether oxygens (including phenoxy) is 2. The molecular weight excluding hydrogens is 572 g/mol. The van der Waals surface area contributed by atoms with Gasteiger partial charge in [-0.25, -0.2) is 4.99 Å². The average Bonchev–Trinajstić information content (AvgIpc) is 3.63. The number of rotatable bonds is 13. The second-order valence-electron chi connectivity index (χ2n) is 11.8.